The van der Waals surface area contributed by atoms with Crippen molar-refractivity contribution in [3.63, 3.8) is 0 Å². The van der Waals surface area contributed by atoms with Crippen LogP contribution in [0.5, 0.6) is 0 Å². The molecule has 6 heteroatoms. The molecule has 0 bridgehead atoms. The lowest BCUT2D eigenvalue weighted by Gasteiger charge is -1.91. The Morgan fingerprint density at radius 3 is 3.00 bits per heavy atom. The number of fused-ring (bicyclic) bond motifs is 1. The minimum atomic E-state index is -0.534. The topological polar surface area (TPSA) is 88.9 Å². The molecule has 0 aliphatic heterocycles. The van der Waals surface area contributed by atoms with Gasteiger partial charge < -0.3 is 4.98 Å². The monoisotopic (exact) mass is 191 g/mol. The quantitative estimate of drug-likeness (QED) is 0.440. The van der Waals surface area contributed by atoms with Crippen molar-refractivity contribution in [2.75, 3.05) is 0 Å². The number of carbonyl (C=O) groups is 1. The molecule has 0 aliphatic carbocycles. The molecule has 2 heterocycles. The Morgan fingerprint density at radius 2 is 2.36 bits per heavy atom. The third kappa shape index (κ3) is 1.13. The molecular formula is C8H5N3O3. The van der Waals surface area contributed by atoms with Crippen LogP contribution < -0.4 is 0 Å². The molecule has 2 aromatic rings. The summed E-state index contributed by atoms with van der Waals surface area (Å²) in [4.78, 5) is 26.9. The standard InChI is InChI=1S/C8H5N3O3/c12-4-5-2-9-7-1-6(11(13)14)3-10-8(5)7/h1-4,9H. The van der Waals surface area contributed by atoms with Crippen LogP contribution in [0, 0.1) is 10.1 Å². The largest absolute Gasteiger partial charge is 0.359 e. The third-order valence-electron chi connectivity index (χ3n) is 1.87. The summed E-state index contributed by atoms with van der Waals surface area (Å²) in [6.45, 7) is 0. The van der Waals surface area contributed by atoms with E-state index >= 15 is 0 Å². The van der Waals surface area contributed by atoms with Gasteiger partial charge in [-0.05, 0) is 0 Å². The normalized spacial score (nSPS) is 10.3. The van der Waals surface area contributed by atoms with Crippen molar-refractivity contribution in [2.24, 2.45) is 0 Å². The molecule has 0 saturated carbocycles. The average Bonchev–Trinajstić information content (AvgIpc) is 2.59. The molecule has 0 spiro atoms. The average molecular weight is 191 g/mol. The van der Waals surface area contributed by atoms with Crippen LogP contribution in [-0.2, 0) is 0 Å². The number of nitro groups is 1. The van der Waals surface area contributed by atoms with E-state index in [0.717, 1.165) is 6.20 Å². The SMILES string of the molecule is O=Cc1c[nH]c2cc([N+](=O)[O-])cnc12. The summed E-state index contributed by atoms with van der Waals surface area (Å²) in [5, 5.41) is 10.4. The van der Waals surface area contributed by atoms with Gasteiger partial charge in [0, 0.05) is 12.3 Å². The molecule has 70 valence electrons. The molecule has 0 unspecified atom stereocenters. The van der Waals surface area contributed by atoms with E-state index in [-0.39, 0.29) is 5.69 Å². The highest BCUT2D eigenvalue weighted by molar-refractivity contribution is 5.95. The lowest BCUT2D eigenvalue weighted by molar-refractivity contribution is -0.385. The van der Waals surface area contributed by atoms with Gasteiger partial charge in [0.25, 0.3) is 5.69 Å². The molecule has 0 amide bonds. The number of rotatable bonds is 2. The van der Waals surface area contributed by atoms with Gasteiger partial charge in [0.2, 0.25) is 0 Å². The summed E-state index contributed by atoms with van der Waals surface area (Å²) in [6, 6.07) is 1.34. The number of aromatic amines is 1. The Morgan fingerprint density at radius 1 is 1.57 bits per heavy atom. The molecule has 0 fully saturated rings. The van der Waals surface area contributed by atoms with E-state index in [4.69, 9.17) is 0 Å². The van der Waals surface area contributed by atoms with Crippen LogP contribution in [0.2, 0.25) is 0 Å². The fraction of sp³-hybridized carbons (Fsp3) is 0. The Hall–Kier alpha value is -2.24. The summed E-state index contributed by atoms with van der Waals surface area (Å²) >= 11 is 0. The van der Waals surface area contributed by atoms with Crippen LogP contribution in [0.4, 0.5) is 5.69 Å². The minimum absolute atomic E-state index is 0.100. The van der Waals surface area contributed by atoms with E-state index in [9.17, 15) is 14.9 Å². The van der Waals surface area contributed by atoms with Crippen molar-refractivity contribution >= 4 is 23.0 Å². The maximum absolute atomic E-state index is 10.5. The van der Waals surface area contributed by atoms with Gasteiger partial charge >= 0.3 is 0 Å². The van der Waals surface area contributed by atoms with Gasteiger partial charge in [0.15, 0.2) is 6.29 Å². The van der Waals surface area contributed by atoms with E-state index in [1.165, 1.54) is 12.3 Å². The highest BCUT2D eigenvalue weighted by atomic mass is 16.6. The number of H-pyrrole nitrogens is 1. The number of pyridine rings is 1. The first-order valence-corrected chi connectivity index (χ1v) is 3.79. The first-order chi connectivity index (χ1) is 6.72. The number of hydrogen-bond acceptors (Lipinski definition) is 4. The van der Waals surface area contributed by atoms with Crippen molar-refractivity contribution in [1.82, 2.24) is 9.97 Å². The number of nitrogens with one attached hydrogen (secondary N) is 1. The molecule has 2 rings (SSSR count). The maximum atomic E-state index is 10.5. The van der Waals surface area contributed by atoms with Crippen LogP contribution in [0.1, 0.15) is 10.4 Å². The molecule has 1 N–H and O–H groups in total. The zero-order valence-corrected chi connectivity index (χ0v) is 6.93. The second-order valence-corrected chi connectivity index (χ2v) is 2.71. The van der Waals surface area contributed by atoms with E-state index in [0.29, 0.717) is 22.9 Å². The van der Waals surface area contributed by atoms with E-state index in [1.54, 1.807) is 0 Å². The van der Waals surface area contributed by atoms with Gasteiger partial charge in [-0.25, -0.2) is 4.98 Å². The summed E-state index contributed by atoms with van der Waals surface area (Å²) in [5.41, 5.74) is 1.23. The van der Waals surface area contributed by atoms with Crippen molar-refractivity contribution in [3.8, 4) is 0 Å². The minimum Gasteiger partial charge on any atom is -0.359 e. The van der Waals surface area contributed by atoms with E-state index in [1.807, 2.05) is 0 Å². The number of aromatic nitrogens is 2. The van der Waals surface area contributed by atoms with Crippen molar-refractivity contribution in [2.45, 2.75) is 0 Å². The number of hydrogen-bond donors (Lipinski definition) is 1. The van der Waals surface area contributed by atoms with Crippen molar-refractivity contribution in [3.05, 3.63) is 34.1 Å². The highest BCUT2D eigenvalue weighted by Crippen LogP contribution is 2.19. The second-order valence-electron chi connectivity index (χ2n) is 2.71. The first-order valence-electron chi connectivity index (χ1n) is 3.79. The van der Waals surface area contributed by atoms with E-state index < -0.39 is 4.92 Å². The van der Waals surface area contributed by atoms with Gasteiger partial charge in [-0.2, -0.15) is 0 Å². The molecule has 6 nitrogen and oxygen atoms in total. The summed E-state index contributed by atoms with van der Waals surface area (Å²) in [7, 11) is 0. The zero-order chi connectivity index (χ0) is 10.1. The summed E-state index contributed by atoms with van der Waals surface area (Å²) in [6.07, 6.45) is 3.25. The lowest BCUT2D eigenvalue weighted by atomic mass is 10.3. The molecular weight excluding hydrogens is 186 g/mol. The van der Waals surface area contributed by atoms with Crippen LogP contribution in [0.3, 0.4) is 0 Å². The molecule has 0 saturated heterocycles. The van der Waals surface area contributed by atoms with Gasteiger partial charge in [-0.1, -0.05) is 0 Å². The molecule has 0 radical (unpaired) electrons. The van der Waals surface area contributed by atoms with Gasteiger partial charge in [0.05, 0.1) is 21.5 Å². The highest BCUT2D eigenvalue weighted by Gasteiger charge is 2.10. The van der Waals surface area contributed by atoms with Gasteiger partial charge in [-0.3, -0.25) is 14.9 Å². The second kappa shape index (κ2) is 2.91. The third-order valence-corrected chi connectivity index (χ3v) is 1.87. The molecule has 14 heavy (non-hydrogen) atoms. The maximum Gasteiger partial charge on any atom is 0.289 e. The molecule has 2 aromatic heterocycles. The van der Waals surface area contributed by atoms with Crippen molar-refractivity contribution < 1.29 is 9.72 Å². The van der Waals surface area contributed by atoms with Crippen LogP contribution in [-0.4, -0.2) is 21.2 Å². The fourth-order valence-corrected chi connectivity index (χ4v) is 1.21. The van der Waals surface area contributed by atoms with Gasteiger partial charge in [-0.15, -0.1) is 0 Å². The van der Waals surface area contributed by atoms with Crippen molar-refractivity contribution in [1.29, 1.82) is 0 Å². The number of nitrogens with zero attached hydrogens (tertiary/aromatic N) is 2. The van der Waals surface area contributed by atoms with Crippen LogP contribution >= 0.6 is 0 Å². The number of carbonyl (C=O) groups excluding carboxylic acids is 1. The predicted molar refractivity (Wildman–Crippen MR) is 48.1 cm³/mol. The Kier molecular flexibility index (Phi) is 1.74. The molecule has 0 atom stereocenters. The summed E-state index contributed by atoms with van der Waals surface area (Å²) < 4.78 is 0. The van der Waals surface area contributed by atoms with Crippen LogP contribution in [0.15, 0.2) is 18.5 Å². The first kappa shape index (κ1) is 8.36. The Balaban J connectivity index is 2.68. The fourth-order valence-electron chi connectivity index (χ4n) is 1.21. The smallest absolute Gasteiger partial charge is 0.289 e. The van der Waals surface area contributed by atoms with Crippen LogP contribution in [0.25, 0.3) is 11.0 Å². The Bertz CT molecular complexity index is 518. The predicted octanol–water partition coefficient (Wildman–Crippen LogP) is 1.28. The summed E-state index contributed by atoms with van der Waals surface area (Å²) in [5.74, 6) is 0. The number of aldehydes is 1. The van der Waals surface area contributed by atoms with E-state index in [2.05, 4.69) is 9.97 Å². The molecule has 0 aromatic carbocycles. The molecule has 0 aliphatic rings. The lowest BCUT2D eigenvalue weighted by Crippen LogP contribution is -1.89. The Labute approximate surface area is 77.7 Å². The van der Waals surface area contributed by atoms with Gasteiger partial charge in [0.1, 0.15) is 6.20 Å². The zero-order valence-electron chi connectivity index (χ0n) is 6.93.